The van der Waals surface area contributed by atoms with E-state index in [0.717, 1.165) is 5.75 Å². The first kappa shape index (κ1) is 14.5. The summed E-state index contributed by atoms with van der Waals surface area (Å²) in [5.41, 5.74) is 0. The molecule has 0 aromatic carbocycles. The lowest BCUT2D eigenvalue weighted by molar-refractivity contribution is 0.564. The largest absolute Gasteiger partial charge is 0.251 e. The summed E-state index contributed by atoms with van der Waals surface area (Å²) in [4.78, 5) is 0. The maximum atomic E-state index is 11.9. The Balaban J connectivity index is 2.63. The Labute approximate surface area is 113 Å². The van der Waals surface area contributed by atoms with Crippen molar-refractivity contribution in [1.29, 1.82) is 0 Å². The number of nitrogens with one attached hydrogen (secondary N) is 1. The van der Waals surface area contributed by atoms with Crippen molar-refractivity contribution in [2.45, 2.75) is 11.1 Å². The summed E-state index contributed by atoms with van der Waals surface area (Å²) in [5.74, 6) is 1.29. The summed E-state index contributed by atoms with van der Waals surface area (Å²) in [6.45, 7) is 2.51. The summed E-state index contributed by atoms with van der Waals surface area (Å²) >= 11 is 6.17. The molecule has 0 aliphatic carbocycles. The topological polar surface area (TPSA) is 46.2 Å². The molecule has 0 saturated heterocycles. The fourth-order valence-corrected chi connectivity index (χ4v) is 5.36. The van der Waals surface area contributed by atoms with E-state index < -0.39 is 10.0 Å². The summed E-state index contributed by atoms with van der Waals surface area (Å²) in [6, 6.07) is 1.74. The number of sulfonamides is 1. The van der Waals surface area contributed by atoms with Crippen molar-refractivity contribution in [2.75, 3.05) is 18.6 Å². The highest BCUT2D eigenvalue weighted by atomic mass is 79.9. The third-order valence-corrected chi connectivity index (χ3v) is 6.90. The Kier molecular flexibility index (Phi) is 5.79. The van der Waals surface area contributed by atoms with Gasteiger partial charge >= 0.3 is 0 Å². The van der Waals surface area contributed by atoms with Crippen molar-refractivity contribution in [3.63, 3.8) is 0 Å². The Morgan fingerprint density at radius 2 is 2.31 bits per heavy atom. The van der Waals surface area contributed by atoms with Gasteiger partial charge in [0.1, 0.15) is 4.21 Å². The van der Waals surface area contributed by atoms with E-state index in [-0.39, 0.29) is 0 Å². The van der Waals surface area contributed by atoms with Crippen molar-refractivity contribution in [3.05, 3.63) is 15.9 Å². The lowest BCUT2D eigenvalue weighted by Gasteiger charge is -2.10. The fourth-order valence-electron chi connectivity index (χ4n) is 1.13. The van der Waals surface area contributed by atoms with Crippen LogP contribution in [0.4, 0.5) is 0 Å². The van der Waals surface area contributed by atoms with Crippen LogP contribution in [0.15, 0.2) is 20.1 Å². The highest BCUT2D eigenvalue weighted by molar-refractivity contribution is 9.10. The molecule has 7 heteroatoms. The van der Waals surface area contributed by atoms with Crippen molar-refractivity contribution in [3.8, 4) is 0 Å². The van der Waals surface area contributed by atoms with Gasteiger partial charge in [0.05, 0.1) is 0 Å². The average molecular weight is 344 g/mol. The molecular formula is C9H14BrNO2S3. The molecule has 0 fully saturated rings. The molecule has 16 heavy (non-hydrogen) atoms. The average Bonchev–Trinajstić information content (AvgIpc) is 2.63. The summed E-state index contributed by atoms with van der Waals surface area (Å²) < 4.78 is 27.4. The van der Waals surface area contributed by atoms with Crippen LogP contribution in [0.3, 0.4) is 0 Å². The first-order valence-electron chi connectivity index (χ1n) is 4.69. The first-order chi connectivity index (χ1) is 7.47. The van der Waals surface area contributed by atoms with Crippen LogP contribution in [0.1, 0.15) is 6.92 Å². The minimum absolute atomic E-state index is 0.337. The standard InChI is InChI=1S/C9H14BrNO2S3/c1-7(6-14-2)5-11-16(12,13)9-8(10)3-4-15-9/h3-4,7,11H,5-6H2,1-2H3. The van der Waals surface area contributed by atoms with Crippen LogP contribution in [0.5, 0.6) is 0 Å². The molecule has 1 atom stereocenters. The number of thiophene rings is 1. The van der Waals surface area contributed by atoms with Crippen molar-refractivity contribution in [1.82, 2.24) is 4.72 Å². The molecule has 0 aliphatic heterocycles. The molecule has 0 radical (unpaired) electrons. The molecule has 1 heterocycles. The van der Waals surface area contributed by atoms with Crippen LogP contribution < -0.4 is 4.72 Å². The monoisotopic (exact) mass is 343 g/mol. The van der Waals surface area contributed by atoms with Crippen LogP contribution in [0.25, 0.3) is 0 Å². The first-order valence-corrected chi connectivity index (χ1v) is 9.24. The molecule has 3 nitrogen and oxygen atoms in total. The Hall–Kier alpha value is 0.440. The van der Waals surface area contributed by atoms with Gasteiger partial charge in [0, 0.05) is 11.0 Å². The van der Waals surface area contributed by atoms with Gasteiger partial charge in [0.2, 0.25) is 0 Å². The predicted octanol–water partition coefficient (Wildman–Crippen LogP) is 2.79. The molecule has 1 aromatic rings. The number of rotatable bonds is 6. The molecule has 0 aliphatic rings. The van der Waals surface area contributed by atoms with E-state index in [1.165, 1.54) is 11.3 Å². The van der Waals surface area contributed by atoms with Gasteiger partial charge in [-0.2, -0.15) is 11.8 Å². The van der Waals surface area contributed by atoms with E-state index in [4.69, 9.17) is 0 Å². The van der Waals surface area contributed by atoms with Crippen LogP contribution in [0.2, 0.25) is 0 Å². The van der Waals surface area contributed by atoms with Crippen molar-refractivity contribution in [2.24, 2.45) is 5.92 Å². The lowest BCUT2D eigenvalue weighted by atomic mass is 10.2. The van der Waals surface area contributed by atoms with E-state index >= 15 is 0 Å². The minimum Gasteiger partial charge on any atom is -0.210 e. The van der Waals surface area contributed by atoms with E-state index in [9.17, 15) is 8.42 Å². The molecular weight excluding hydrogens is 330 g/mol. The second kappa shape index (κ2) is 6.39. The van der Waals surface area contributed by atoms with E-state index in [2.05, 4.69) is 20.7 Å². The van der Waals surface area contributed by atoms with Gasteiger partial charge in [-0.25, -0.2) is 13.1 Å². The molecule has 0 bridgehead atoms. The van der Waals surface area contributed by atoms with Gasteiger partial charge in [-0.15, -0.1) is 11.3 Å². The molecule has 0 saturated carbocycles. The van der Waals surface area contributed by atoms with Gasteiger partial charge in [-0.3, -0.25) is 0 Å². The maximum Gasteiger partial charge on any atom is 0.251 e. The number of halogens is 1. The highest BCUT2D eigenvalue weighted by Crippen LogP contribution is 2.27. The molecule has 92 valence electrons. The zero-order valence-corrected chi connectivity index (χ0v) is 13.1. The predicted molar refractivity (Wildman–Crippen MR) is 74.8 cm³/mol. The van der Waals surface area contributed by atoms with Gasteiger partial charge in [0.25, 0.3) is 10.0 Å². The maximum absolute atomic E-state index is 11.9. The van der Waals surface area contributed by atoms with E-state index in [0.29, 0.717) is 21.1 Å². The molecule has 0 spiro atoms. The van der Waals surface area contributed by atoms with Crippen molar-refractivity contribution >= 4 is 49.1 Å². The third-order valence-electron chi connectivity index (χ3n) is 1.90. The second-order valence-corrected chi connectivity index (χ2v) is 8.11. The summed E-state index contributed by atoms with van der Waals surface area (Å²) in [5, 5.41) is 1.75. The Morgan fingerprint density at radius 1 is 1.62 bits per heavy atom. The fraction of sp³-hybridized carbons (Fsp3) is 0.556. The van der Waals surface area contributed by atoms with Crippen molar-refractivity contribution < 1.29 is 8.42 Å². The number of hydrogen-bond donors (Lipinski definition) is 1. The minimum atomic E-state index is -3.35. The third kappa shape index (κ3) is 4.03. The molecule has 1 unspecified atom stereocenters. The zero-order chi connectivity index (χ0) is 12.2. The van der Waals surface area contributed by atoms with Gasteiger partial charge < -0.3 is 0 Å². The second-order valence-electron chi connectivity index (χ2n) is 3.47. The van der Waals surface area contributed by atoms with Crippen LogP contribution in [-0.4, -0.2) is 27.0 Å². The zero-order valence-electron chi connectivity index (χ0n) is 9.07. The molecule has 0 amide bonds. The lowest BCUT2D eigenvalue weighted by Crippen LogP contribution is -2.28. The van der Waals surface area contributed by atoms with E-state index in [1.54, 1.807) is 23.2 Å². The SMILES string of the molecule is CSCC(C)CNS(=O)(=O)c1sccc1Br. The summed E-state index contributed by atoms with van der Waals surface area (Å²) in [7, 11) is -3.35. The Morgan fingerprint density at radius 3 is 2.81 bits per heavy atom. The van der Waals surface area contributed by atoms with E-state index in [1.807, 2.05) is 13.2 Å². The Bertz CT molecular complexity index is 430. The number of thioether (sulfide) groups is 1. The quantitative estimate of drug-likeness (QED) is 0.863. The normalized spacial score (nSPS) is 13.9. The summed E-state index contributed by atoms with van der Waals surface area (Å²) in [6.07, 6.45) is 2.01. The smallest absolute Gasteiger partial charge is 0.210 e. The molecule has 1 N–H and O–H groups in total. The van der Waals surface area contributed by atoms with Crippen LogP contribution >= 0.6 is 39.0 Å². The van der Waals surface area contributed by atoms with Crippen LogP contribution in [-0.2, 0) is 10.0 Å². The highest BCUT2D eigenvalue weighted by Gasteiger charge is 2.19. The molecule has 1 aromatic heterocycles. The van der Waals surface area contributed by atoms with Gasteiger partial charge in [0.15, 0.2) is 0 Å². The van der Waals surface area contributed by atoms with Gasteiger partial charge in [-0.05, 0) is 45.3 Å². The van der Waals surface area contributed by atoms with Crippen LogP contribution in [0, 0.1) is 5.92 Å². The number of hydrogen-bond acceptors (Lipinski definition) is 4. The van der Waals surface area contributed by atoms with Gasteiger partial charge in [-0.1, -0.05) is 6.92 Å². The molecule has 1 rings (SSSR count).